The van der Waals surface area contributed by atoms with Crippen molar-refractivity contribution in [3.8, 4) is 5.75 Å². The minimum absolute atomic E-state index is 0.0990. The molecule has 0 aliphatic rings. The quantitative estimate of drug-likeness (QED) is 0.521. The number of benzene rings is 2. The summed E-state index contributed by atoms with van der Waals surface area (Å²) in [6.45, 7) is 4.06. The van der Waals surface area contributed by atoms with Crippen molar-refractivity contribution in [2.45, 2.75) is 32.9 Å². The lowest BCUT2D eigenvalue weighted by molar-refractivity contribution is -0.142. The Morgan fingerprint density at radius 3 is 2.34 bits per heavy atom. The van der Waals surface area contributed by atoms with Gasteiger partial charge in [-0.05, 0) is 49.7 Å². The Hall–Kier alpha value is -1.76. The average molecular weight is 502 g/mol. The van der Waals surface area contributed by atoms with Crippen LogP contribution in [-0.2, 0) is 16.1 Å². The van der Waals surface area contributed by atoms with Crippen LogP contribution in [0.3, 0.4) is 0 Å². The Bertz CT molecular complexity index is 826. The number of rotatable bonds is 9. The molecule has 0 aliphatic carbocycles. The molecule has 156 valence electrons. The van der Waals surface area contributed by atoms with E-state index in [1.54, 1.807) is 37.3 Å². The first-order valence-electron chi connectivity index (χ1n) is 9.22. The van der Waals surface area contributed by atoms with Crippen LogP contribution in [0, 0.1) is 0 Å². The molecule has 0 heterocycles. The molecular weight excluding hydrogens is 479 g/mol. The van der Waals surface area contributed by atoms with Crippen molar-refractivity contribution in [3.63, 3.8) is 0 Å². The Labute approximate surface area is 189 Å². The fourth-order valence-corrected chi connectivity index (χ4v) is 3.37. The molecule has 0 bridgehead atoms. The van der Waals surface area contributed by atoms with Gasteiger partial charge in [-0.1, -0.05) is 52.1 Å². The van der Waals surface area contributed by atoms with Gasteiger partial charge in [0.1, 0.15) is 11.8 Å². The van der Waals surface area contributed by atoms with Gasteiger partial charge in [0, 0.05) is 33.2 Å². The molecule has 5 nitrogen and oxygen atoms in total. The summed E-state index contributed by atoms with van der Waals surface area (Å²) >= 11 is 15.9. The minimum Gasteiger partial charge on any atom is -0.484 e. The van der Waals surface area contributed by atoms with Crippen LogP contribution in [0.2, 0.25) is 10.0 Å². The monoisotopic (exact) mass is 500 g/mol. The van der Waals surface area contributed by atoms with Crippen molar-refractivity contribution in [2.24, 2.45) is 0 Å². The second-order valence-electron chi connectivity index (χ2n) is 6.43. The maximum Gasteiger partial charge on any atom is 0.261 e. The van der Waals surface area contributed by atoms with E-state index in [0.29, 0.717) is 27.9 Å². The van der Waals surface area contributed by atoms with Gasteiger partial charge in [-0.25, -0.2) is 0 Å². The first-order valence-corrected chi connectivity index (χ1v) is 10.8. The first kappa shape index (κ1) is 23.5. The molecule has 0 fully saturated rings. The molecule has 8 heteroatoms. The number of halogens is 3. The van der Waals surface area contributed by atoms with Crippen molar-refractivity contribution >= 4 is 50.9 Å². The van der Waals surface area contributed by atoms with E-state index in [1.807, 2.05) is 19.1 Å². The molecule has 0 aromatic heterocycles. The minimum atomic E-state index is -0.713. The van der Waals surface area contributed by atoms with E-state index in [-0.39, 0.29) is 25.0 Å². The normalized spacial score (nSPS) is 11.6. The summed E-state index contributed by atoms with van der Waals surface area (Å²) in [5.41, 5.74) is 0.586. The molecular formula is C21H23BrCl2N2O3. The Morgan fingerprint density at radius 2 is 1.76 bits per heavy atom. The molecule has 1 N–H and O–H groups in total. The third-order valence-corrected chi connectivity index (χ3v) is 5.52. The van der Waals surface area contributed by atoms with Crippen LogP contribution in [0.1, 0.15) is 25.8 Å². The van der Waals surface area contributed by atoms with Crippen molar-refractivity contribution in [3.05, 3.63) is 62.5 Å². The van der Waals surface area contributed by atoms with Crippen LogP contribution in [0.4, 0.5) is 0 Å². The van der Waals surface area contributed by atoms with Crippen molar-refractivity contribution < 1.29 is 14.3 Å². The van der Waals surface area contributed by atoms with Gasteiger partial charge in [0.2, 0.25) is 5.91 Å². The molecule has 1 unspecified atom stereocenters. The van der Waals surface area contributed by atoms with Crippen molar-refractivity contribution in [1.29, 1.82) is 0 Å². The van der Waals surface area contributed by atoms with Crippen molar-refractivity contribution in [2.75, 3.05) is 13.2 Å². The molecule has 0 saturated heterocycles. The van der Waals surface area contributed by atoms with Gasteiger partial charge >= 0.3 is 0 Å². The second kappa shape index (κ2) is 11.4. The highest BCUT2D eigenvalue weighted by atomic mass is 79.9. The summed E-state index contributed by atoms with van der Waals surface area (Å²) in [6.07, 6.45) is 0.801. The predicted octanol–water partition coefficient (Wildman–Crippen LogP) is 5.08. The Balaban J connectivity index is 2.19. The highest BCUT2D eigenvalue weighted by molar-refractivity contribution is 9.10. The zero-order valence-electron chi connectivity index (χ0n) is 16.3. The highest BCUT2D eigenvalue weighted by Gasteiger charge is 2.27. The summed E-state index contributed by atoms with van der Waals surface area (Å²) in [5, 5.41) is 3.69. The van der Waals surface area contributed by atoms with Gasteiger partial charge < -0.3 is 15.0 Å². The summed E-state index contributed by atoms with van der Waals surface area (Å²) < 4.78 is 6.51. The number of nitrogens with zero attached hydrogens (tertiary/aromatic N) is 1. The number of nitrogens with one attached hydrogen (secondary N) is 1. The van der Waals surface area contributed by atoms with Gasteiger partial charge in [-0.2, -0.15) is 0 Å². The number of hydrogen-bond donors (Lipinski definition) is 1. The molecule has 29 heavy (non-hydrogen) atoms. The number of amides is 2. The number of hydrogen-bond acceptors (Lipinski definition) is 3. The maximum absolute atomic E-state index is 13.0. The van der Waals surface area contributed by atoms with E-state index < -0.39 is 6.04 Å². The van der Waals surface area contributed by atoms with Crippen LogP contribution in [-0.4, -0.2) is 35.9 Å². The summed E-state index contributed by atoms with van der Waals surface area (Å²) in [6, 6.07) is 11.6. The lowest BCUT2D eigenvalue weighted by atomic mass is 10.1. The third kappa shape index (κ3) is 6.91. The van der Waals surface area contributed by atoms with Gasteiger partial charge in [0.15, 0.2) is 6.61 Å². The third-order valence-electron chi connectivity index (χ3n) is 4.28. The number of carbonyl (C=O) groups is 2. The molecule has 1 atom stereocenters. The van der Waals surface area contributed by atoms with Crippen LogP contribution in [0.25, 0.3) is 0 Å². The molecule has 0 spiro atoms. The first-order chi connectivity index (χ1) is 13.8. The Kier molecular flexibility index (Phi) is 9.27. The molecule has 2 amide bonds. The van der Waals surface area contributed by atoms with Crippen LogP contribution >= 0.6 is 39.1 Å². The molecule has 2 aromatic carbocycles. The second-order valence-corrected chi connectivity index (χ2v) is 8.16. The molecule has 0 saturated carbocycles. The van der Waals surface area contributed by atoms with Gasteiger partial charge in [0.25, 0.3) is 5.91 Å². The molecule has 2 aromatic rings. The molecule has 0 aliphatic heterocycles. The van der Waals surface area contributed by atoms with Crippen LogP contribution < -0.4 is 10.1 Å². The van der Waals surface area contributed by atoms with Gasteiger partial charge in [-0.3, -0.25) is 9.59 Å². The smallest absolute Gasteiger partial charge is 0.261 e. The fraction of sp³-hybridized carbons (Fsp3) is 0.333. The summed E-state index contributed by atoms with van der Waals surface area (Å²) in [4.78, 5) is 26.9. The van der Waals surface area contributed by atoms with E-state index in [0.717, 1.165) is 10.9 Å². The zero-order chi connectivity index (χ0) is 21.4. The van der Waals surface area contributed by atoms with Gasteiger partial charge in [0.05, 0.1) is 0 Å². The van der Waals surface area contributed by atoms with Crippen LogP contribution in [0.5, 0.6) is 5.75 Å². The zero-order valence-corrected chi connectivity index (χ0v) is 19.4. The average Bonchev–Trinajstić information content (AvgIpc) is 2.70. The number of carbonyl (C=O) groups excluding carboxylic acids is 2. The standard InChI is InChI=1S/C21H23BrCl2N2O3/c1-3-11-25-21(28)14(2)26(12-17-18(23)5-4-6-19(17)24)20(27)13-29-16-9-7-15(22)8-10-16/h4-10,14H,3,11-13H2,1-2H3,(H,25,28). The topological polar surface area (TPSA) is 58.6 Å². The van der Waals surface area contributed by atoms with E-state index >= 15 is 0 Å². The van der Waals surface area contributed by atoms with E-state index in [2.05, 4.69) is 21.2 Å². The highest BCUT2D eigenvalue weighted by Crippen LogP contribution is 2.26. The Morgan fingerprint density at radius 1 is 1.14 bits per heavy atom. The van der Waals surface area contributed by atoms with Gasteiger partial charge in [-0.15, -0.1) is 0 Å². The molecule has 0 radical (unpaired) electrons. The van der Waals surface area contributed by atoms with E-state index in [9.17, 15) is 9.59 Å². The molecule has 2 rings (SSSR count). The summed E-state index contributed by atoms with van der Waals surface area (Å²) in [5.74, 6) is -0.0320. The van der Waals surface area contributed by atoms with E-state index in [1.165, 1.54) is 4.90 Å². The number of ether oxygens (including phenoxy) is 1. The van der Waals surface area contributed by atoms with E-state index in [4.69, 9.17) is 27.9 Å². The summed E-state index contributed by atoms with van der Waals surface area (Å²) in [7, 11) is 0. The lowest BCUT2D eigenvalue weighted by Crippen LogP contribution is -2.49. The SMILES string of the molecule is CCCNC(=O)C(C)N(Cc1c(Cl)cccc1Cl)C(=O)COc1ccc(Br)cc1. The maximum atomic E-state index is 13.0. The van der Waals surface area contributed by atoms with Crippen LogP contribution in [0.15, 0.2) is 46.9 Å². The fourth-order valence-electron chi connectivity index (χ4n) is 2.59. The largest absolute Gasteiger partial charge is 0.484 e. The lowest BCUT2D eigenvalue weighted by Gasteiger charge is -2.29. The van der Waals surface area contributed by atoms with Crippen molar-refractivity contribution in [1.82, 2.24) is 10.2 Å². The predicted molar refractivity (Wildman–Crippen MR) is 119 cm³/mol.